The number of pyridine rings is 1. The monoisotopic (exact) mass is 310 g/mol. The molecule has 3 rings (SSSR count). The van der Waals surface area contributed by atoms with Gasteiger partial charge < -0.3 is 9.64 Å². The normalized spacial score (nSPS) is 18.3. The Hall–Kier alpha value is -2.36. The third-order valence-electron chi connectivity index (χ3n) is 4.29. The molecule has 0 spiro atoms. The Kier molecular flexibility index (Phi) is 5.25. The number of hydrogen-bond acceptors (Lipinski definition) is 3. The van der Waals surface area contributed by atoms with Crippen LogP contribution in [0.5, 0.6) is 5.75 Å². The predicted molar refractivity (Wildman–Crippen MR) is 89.3 cm³/mol. The number of nitrogens with zero attached hydrogens (tertiary/aromatic N) is 2. The zero-order chi connectivity index (χ0) is 15.9. The van der Waals surface area contributed by atoms with Gasteiger partial charge >= 0.3 is 0 Å². The lowest BCUT2D eigenvalue weighted by molar-refractivity contribution is -0.133. The van der Waals surface area contributed by atoms with Crippen molar-refractivity contribution in [1.29, 1.82) is 0 Å². The molecule has 0 radical (unpaired) electrons. The standard InChI is InChI=1S/C19H22N2O2/c22-19(15-23-18-10-6-11-20-13-18)21-12-5-4-9-17(14-21)16-7-2-1-3-8-16/h1-3,6-8,10-11,13,17H,4-5,9,12,14-15H2. The zero-order valence-electron chi connectivity index (χ0n) is 13.2. The maximum absolute atomic E-state index is 12.5. The Morgan fingerprint density at radius 1 is 1.17 bits per heavy atom. The van der Waals surface area contributed by atoms with Crippen molar-refractivity contribution < 1.29 is 9.53 Å². The van der Waals surface area contributed by atoms with Gasteiger partial charge in [0.25, 0.3) is 5.91 Å². The molecule has 1 unspecified atom stereocenters. The van der Waals surface area contributed by atoms with Crippen molar-refractivity contribution in [3.8, 4) is 5.75 Å². The first-order valence-corrected chi connectivity index (χ1v) is 8.18. The molecule has 0 aliphatic carbocycles. The number of carbonyl (C=O) groups excluding carboxylic acids is 1. The fraction of sp³-hybridized carbons (Fsp3) is 0.368. The summed E-state index contributed by atoms with van der Waals surface area (Å²) in [6, 6.07) is 14.1. The molecule has 1 amide bonds. The van der Waals surface area contributed by atoms with E-state index in [1.165, 1.54) is 5.56 Å². The van der Waals surface area contributed by atoms with E-state index in [1.807, 2.05) is 17.0 Å². The molecule has 0 N–H and O–H groups in total. The highest BCUT2D eigenvalue weighted by Crippen LogP contribution is 2.26. The fourth-order valence-electron chi connectivity index (χ4n) is 3.03. The van der Waals surface area contributed by atoms with Gasteiger partial charge in [-0.15, -0.1) is 0 Å². The van der Waals surface area contributed by atoms with Crippen molar-refractivity contribution in [3.63, 3.8) is 0 Å². The Labute approximate surface area is 137 Å². The van der Waals surface area contributed by atoms with Gasteiger partial charge in [0.2, 0.25) is 0 Å². The van der Waals surface area contributed by atoms with Crippen LogP contribution in [0.4, 0.5) is 0 Å². The minimum atomic E-state index is 0.0525. The minimum absolute atomic E-state index is 0.0525. The van der Waals surface area contributed by atoms with E-state index in [2.05, 4.69) is 29.2 Å². The smallest absolute Gasteiger partial charge is 0.260 e. The van der Waals surface area contributed by atoms with E-state index in [0.29, 0.717) is 11.7 Å². The highest BCUT2D eigenvalue weighted by atomic mass is 16.5. The van der Waals surface area contributed by atoms with E-state index in [4.69, 9.17) is 4.74 Å². The number of aromatic nitrogens is 1. The highest BCUT2D eigenvalue weighted by Gasteiger charge is 2.23. The Balaban J connectivity index is 1.60. The number of likely N-dealkylation sites (tertiary alicyclic amines) is 1. The molecule has 4 heteroatoms. The average molecular weight is 310 g/mol. The van der Waals surface area contributed by atoms with Crippen molar-refractivity contribution >= 4 is 5.91 Å². The average Bonchev–Trinajstić information content (AvgIpc) is 2.88. The van der Waals surface area contributed by atoms with E-state index >= 15 is 0 Å². The van der Waals surface area contributed by atoms with Crippen molar-refractivity contribution in [3.05, 3.63) is 60.4 Å². The molecule has 2 heterocycles. The number of amides is 1. The van der Waals surface area contributed by atoms with Crippen LogP contribution in [0.1, 0.15) is 30.7 Å². The summed E-state index contributed by atoms with van der Waals surface area (Å²) >= 11 is 0. The zero-order valence-corrected chi connectivity index (χ0v) is 13.2. The van der Waals surface area contributed by atoms with Crippen LogP contribution in [-0.4, -0.2) is 35.5 Å². The Bertz CT molecular complexity index is 616. The van der Waals surface area contributed by atoms with Crippen molar-refractivity contribution in [1.82, 2.24) is 9.88 Å². The second-order valence-corrected chi connectivity index (χ2v) is 5.92. The second kappa shape index (κ2) is 7.77. The summed E-state index contributed by atoms with van der Waals surface area (Å²) < 4.78 is 5.55. The number of hydrogen-bond donors (Lipinski definition) is 0. The molecule has 1 aromatic carbocycles. The summed E-state index contributed by atoms with van der Waals surface area (Å²) in [5.74, 6) is 1.10. The SMILES string of the molecule is O=C(COc1cccnc1)N1CCCCC(c2ccccc2)C1. The van der Waals surface area contributed by atoms with E-state index in [9.17, 15) is 4.79 Å². The topological polar surface area (TPSA) is 42.4 Å². The number of carbonyl (C=O) groups is 1. The van der Waals surface area contributed by atoms with Gasteiger partial charge in [0, 0.05) is 25.2 Å². The van der Waals surface area contributed by atoms with Gasteiger partial charge in [-0.3, -0.25) is 9.78 Å². The summed E-state index contributed by atoms with van der Waals surface area (Å²) in [6.45, 7) is 1.67. The van der Waals surface area contributed by atoms with Crippen LogP contribution in [0.25, 0.3) is 0 Å². The molecule has 1 aromatic heterocycles. The quantitative estimate of drug-likeness (QED) is 0.870. The first-order chi connectivity index (χ1) is 11.3. The molecule has 1 fully saturated rings. The van der Waals surface area contributed by atoms with Gasteiger partial charge in [0.15, 0.2) is 6.61 Å². The van der Waals surface area contributed by atoms with Gasteiger partial charge in [-0.1, -0.05) is 36.8 Å². The summed E-state index contributed by atoms with van der Waals surface area (Å²) in [5.41, 5.74) is 1.32. The van der Waals surface area contributed by atoms with Crippen LogP contribution in [0.2, 0.25) is 0 Å². The lowest BCUT2D eigenvalue weighted by atomic mass is 9.94. The third-order valence-corrected chi connectivity index (χ3v) is 4.29. The minimum Gasteiger partial charge on any atom is -0.482 e. The lowest BCUT2D eigenvalue weighted by Gasteiger charge is -2.25. The first-order valence-electron chi connectivity index (χ1n) is 8.18. The molecule has 0 saturated carbocycles. The summed E-state index contributed by atoms with van der Waals surface area (Å²) in [5, 5.41) is 0. The van der Waals surface area contributed by atoms with Crippen LogP contribution >= 0.6 is 0 Å². The molecular weight excluding hydrogens is 288 g/mol. The Morgan fingerprint density at radius 3 is 2.83 bits per heavy atom. The van der Waals surface area contributed by atoms with Gasteiger partial charge in [0.05, 0.1) is 6.20 Å². The summed E-state index contributed by atoms with van der Waals surface area (Å²) in [6.07, 6.45) is 6.67. The number of rotatable bonds is 4. The highest BCUT2D eigenvalue weighted by molar-refractivity contribution is 5.77. The third kappa shape index (κ3) is 4.31. The maximum atomic E-state index is 12.5. The molecule has 1 atom stereocenters. The van der Waals surface area contributed by atoms with Gasteiger partial charge in [-0.25, -0.2) is 0 Å². The van der Waals surface area contributed by atoms with E-state index < -0.39 is 0 Å². The van der Waals surface area contributed by atoms with Crippen molar-refractivity contribution in [2.45, 2.75) is 25.2 Å². The molecule has 1 saturated heterocycles. The van der Waals surface area contributed by atoms with Crippen molar-refractivity contribution in [2.24, 2.45) is 0 Å². The van der Waals surface area contributed by atoms with Gasteiger partial charge in [-0.2, -0.15) is 0 Å². The lowest BCUT2D eigenvalue weighted by Crippen LogP contribution is -2.37. The molecule has 1 aliphatic rings. The molecule has 4 nitrogen and oxygen atoms in total. The first kappa shape index (κ1) is 15.5. The van der Waals surface area contributed by atoms with E-state index in [0.717, 1.165) is 32.4 Å². The van der Waals surface area contributed by atoms with Crippen LogP contribution in [-0.2, 0) is 4.79 Å². The molecule has 120 valence electrons. The molecule has 2 aromatic rings. The molecular formula is C19H22N2O2. The van der Waals surface area contributed by atoms with Gasteiger partial charge in [-0.05, 0) is 30.5 Å². The Morgan fingerprint density at radius 2 is 2.04 bits per heavy atom. The maximum Gasteiger partial charge on any atom is 0.260 e. The van der Waals surface area contributed by atoms with Crippen LogP contribution < -0.4 is 4.74 Å². The van der Waals surface area contributed by atoms with Crippen LogP contribution in [0, 0.1) is 0 Å². The molecule has 0 bridgehead atoms. The van der Waals surface area contributed by atoms with Crippen LogP contribution in [0.3, 0.4) is 0 Å². The van der Waals surface area contributed by atoms with Crippen molar-refractivity contribution in [2.75, 3.05) is 19.7 Å². The van der Waals surface area contributed by atoms with Gasteiger partial charge in [0.1, 0.15) is 5.75 Å². The van der Waals surface area contributed by atoms with E-state index in [-0.39, 0.29) is 12.5 Å². The molecule has 1 aliphatic heterocycles. The largest absolute Gasteiger partial charge is 0.482 e. The number of benzene rings is 1. The second-order valence-electron chi connectivity index (χ2n) is 5.92. The fourth-order valence-corrected chi connectivity index (χ4v) is 3.03. The van der Waals surface area contributed by atoms with Crippen LogP contribution in [0.15, 0.2) is 54.9 Å². The van der Waals surface area contributed by atoms with E-state index in [1.54, 1.807) is 18.5 Å². The number of ether oxygens (including phenoxy) is 1. The summed E-state index contributed by atoms with van der Waals surface area (Å²) in [4.78, 5) is 18.4. The predicted octanol–water partition coefficient (Wildman–Crippen LogP) is 3.26. The molecule has 23 heavy (non-hydrogen) atoms. The summed E-state index contributed by atoms with van der Waals surface area (Å²) in [7, 11) is 0.